The Labute approximate surface area is 149 Å². The topological polar surface area (TPSA) is 49.3 Å². The lowest BCUT2D eigenvalue weighted by atomic mass is 9.96. The highest BCUT2D eigenvalue weighted by Crippen LogP contribution is 2.50. The first-order chi connectivity index (χ1) is 12.2. The van der Waals surface area contributed by atoms with Crippen molar-refractivity contribution in [1.82, 2.24) is 5.32 Å². The molecule has 2 saturated carbocycles. The van der Waals surface area contributed by atoms with Crippen LogP contribution in [0.1, 0.15) is 53.1 Å². The summed E-state index contributed by atoms with van der Waals surface area (Å²) in [6, 6.07) is 18.8. The third-order valence-corrected chi connectivity index (χ3v) is 5.86. The van der Waals surface area contributed by atoms with E-state index in [1.165, 1.54) is 36.8 Å². The van der Waals surface area contributed by atoms with E-state index in [0.717, 1.165) is 13.0 Å². The molecule has 2 atom stereocenters. The van der Waals surface area contributed by atoms with Crippen molar-refractivity contribution in [2.75, 3.05) is 6.54 Å². The van der Waals surface area contributed by atoms with E-state index in [2.05, 4.69) is 35.6 Å². The zero-order valence-electron chi connectivity index (χ0n) is 14.4. The number of hydrogen-bond acceptors (Lipinski definition) is 2. The summed E-state index contributed by atoms with van der Waals surface area (Å²) >= 11 is 0. The van der Waals surface area contributed by atoms with Gasteiger partial charge in [0.25, 0.3) is 0 Å². The van der Waals surface area contributed by atoms with Crippen LogP contribution in [0.4, 0.5) is 0 Å². The molecule has 2 aliphatic carbocycles. The van der Waals surface area contributed by atoms with Gasteiger partial charge in [0, 0.05) is 18.5 Å². The Kier molecular flexibility index (Phi) is 4.34. The summed E-state index contributed by atoms with van der Waals surface area (Å²) < 4.78 is 0. The van der Waals surface area contributed by atoms with Crippen molar-refractivity contribution in [2.24, 2.45) is 5.41 Å². The molecular formula is C22H25NO2. The van der Waals surface area contributed by atoms with Crippen molar-refractivity contribution in [2.45, 2.75) is 44.1 Å². The summed E-state index contributed by atoms with van der Waals surface area (Å²) in [5.74, 6) is -0.160. The maximum absolute atomic E-state index is 10.9. The average Bonchev–Trinajstić information content (AvgIpc) is 3.55. The van der Waals surface area contributed by atoms with Crippen LogP contribution in [0.5, 0.6) is 0 Å². The smallest absolute Gasteiger partial charge is 0.335 e. The van der Waals surface area contributed by atoms with Crippen LogP contribution in [0.25, 0.3) is 0 Å². The monoisotopic (exact) mass is 335 g/mol. The number of aromatic carboxylic acids is 1. The van der Waals surface area contributed by atoms with Crippen LogP contribution in [0.3, 0.4) is 0 Å². The second-order valence-electron chi connectivity index (χ2n) is 7.74. The van der Waals surface area contributed by atoms with E-state index in [9.17, 15) is 4.79 Å². The molecule has 0 amide bonds. The molecule has 130 valence electrons. The molecule has 0 saturated heterocycles. The number of hydrogen-bond donors (Lipinski definition) is 2. The average molecular weight is 335 g/mol. The van der Waals surface area contributed by atoms with E-state index in [1.807, 2.05) is 12.1 Å². The molecule has 2 aliphatic rings. The van der Waals surface area contributed by atoms with Crippen molar-refractivity contribution in [3.63, 3.8) is 0 Å². The number of benzene rings is 2. The molecule has 0 radical (unpaired) electrons. The summed E-state index contributed by atoms with van der Waals surface area (Å²) in [7, 11) is 0. The molecule has 2 aromatic carbocycles. The zero-order valence-corrected chi connectivity index (χ0v) is 14.4. The lowest BCUT2D eigenvalue weighted by Crippen LogP contribution is -2.27. The Morgan fingerprint density at radius 2 is 1.80 bits per heavy atom. The maximum Gasteiger partial charge on any atom is 0.335 e. The van der Waals surface area contributed by atoms with Crippen LogP contribution in [0.15, 0.2) is 54.6 Å². The van der Waals surface area contributed by atoms with Crippen molar-refractivity contribution in [1.29, 1.82) is 0 Å². The van der Waals surface area contributed by atoms with Crippen molar-refractivity contribution in [3.05, 3.63) is 71.3 Å². The third kappa shape index (κ3) is 3.93. The number of carbonyl (C=O) groups is 1. The maximum atomic E-state index is 10.9. The second kappa shape index (κ2) is 6.64. The Morgan fingerprint density at radius 1 is 1.08 bits per heavy atom. The fraction of sp³-hybridized carbons (Fsp3) is 0.409. The zero-order chi connectivity index (χ0) is 17.3. The first kappa shape index (κ1) is 16.3. The molecule has 25 heavy (non-hydrogen) atoms. The Bertz CT molecular complexity index is 734. The molecule has 3 nitrogen and oxygen atoms in total. The molecule has 2 N–H and O–H groups in total. The van der Waals surface area contributed by atoms with Gasteiger partial charge in [-0.3, -0.25) is 0 Å². The minimum atomic E-state index is -0.855. The van der Waals surface area contributed by atoms with Gasteiger partial charge >= 0.3 is 5.97 Å². The molecule has 3 heteroatoms. The van der Waals surface area contributed by atoms with Gasteiger partial charge < -0.3 is 10.4 Å². The van der Waals surface area contributed by atoms with Crippen molar-refractivity contribution < 1.29 is 9.90 Å². The van der Waals surface area contributed by atoms with Gasteiger partial charge in [0.1, 0.15) is 0 Å². The van der Waals surface area contributed by atoms with Gasteiger partial charge in [0.05, 0.1) is 5.56 Å². The molecular weight excluding hydrogens is 310 g/mol. The minimum absolute atomic E-state index is 0.368. The Morgan fingerprint density at radius 3 is 2.44 bits per heavy atom. The summed E-state index contributed by atoms with van der Waals surface area (Å²) in [6.45, 7) is 1.12. The predicted octanol–water partition coefficient (Wildman–Crippen LogP) is 4.24. The highest BCUT2D eigenvalue weighted by Gasteiger charge is 2.45. The fourth-order valence-corrected chi connectivity index (χ4v) is 3.75. The van der Waals surface area contributed by atoms with Gasteiger partial charge in [-0.05, 0) is 60.8 Å². The summed E-state index contributed by atoms with van der Waals surface area (Å²) in [5.41, 5.74) is 3.54. The molecule has 0 aliphatic heterocycles. The van der Waals surface area contributed by atoms with Crippen LogP contribution >= 0.6 is 0 Å². The Hall–Kier alpha value is -2.13. The van der Waals surface area contributed by atoms with Crippen LogP contribution in [-0.2, 0) is 6.42 Å². The molecule has 4 rings (SSSR count). The van der Waals surface area contributed by atoms with Crippen LogP contribution in [0, 0.1) is 5.41 Å². The number of nitrogens with one attached hydrogen (secondary N) is 1. The van der Waals surface area contributed by atoms with E-state index in [0.29, 0.717) is 22.9 Å². The van der Waals surface area contributed by atoms with Crippen molar-refractivity contribution in [3.8, 4) is 0 Å². The fourth-order valence-electron chi connectivity index (χ4n) is 3.75. The number of carboxylic acids is 1. The normalized spacial score (nSPS) is 23.2. The standard InChI is InChI=1S/C22H25NO2/c24-21(25)18-8-6-16(7-9-18)10-11-22(12-13-22)15-23-20-14-19(20)17-4-2-1-3-5-17/h1-9,19-20,23H,10-15H2,(H,24,25)/t19?,20-/m0/s1. The SMILES string of the molecule is O=C(O)c1ccc(CCC2(CN[C@H]3CC3c3ccccc3)CC2)cc1. The summed E-state index contributed by atoms with van der Waals surface area (Å²) in [4.78, 5) is 10.9. The van der Waals surface area contributed by atoms with Gasteiger partial charge in [0.15, 0.2) is 0 Å². The Balaban J connectivity index is 1.24. The van der Waals surface area contributed by atoms with Gasteiger partial charge in [-0.1, -0.05) is 42.5 Å². The second-order valence-corrected chi connectivity index (χ2v) is 7.74. The summed E-state index contributed by atoms with van der Waals surface area (Å²) in [6.07, 6.45) is 6.12. The predicted molar refractivity (Wildman–Crippen MR) is 99.0 cm³/mol. The van der Waals surface area contributed by atoms with E-state index < -0.39 is 5.97 Å². The van der Waals surface area contributed by atoms with Crippen LogP contribution in [0.2, 0.25) is 0 Å². The number of rotatable bonds is 8. The first-order valence-corrected chi connectivity index (χ1v) is 9.26. The van der Waals surface area contributed by atoms with E-state index in [-0.39, 0.29) is 0 Å². The molecule has 0 bridgehead atoms. The van der Waals surface area contributed by atoms with Crippen LogP contribution < -0.4 is 5.32 Å². The van der Waals surface area contributed by atoms with Gasteiger partial charge in [-0.2, -0.15) is 0 Å². The van der Waals surface area contributed by atoms with Gasteiger partial charge in [-0.15, -0.1) is 0 Å². The van der Waals surface area contributed by atoms with Gasteiger partial charge in [-0.25, -0.2) is 4.79 Å². The lowest BCUT2D eigenvalue weighted by Gasteiger charge is -2.16. The largest absolute Gasteiger partial charge is 0.478 e. The first-order valence-electron chi connectivity index (χ1n) is 9.26. The molecule has 2 aromatic rings. The molecule has 0 aromatic heterocycles. The lowest BCUT2D eigenvalue weighted by molar-refractivity contribution is 0.0697. The highest BCUT2D eigenvalue weighted by atomic mass is 16.4. The molecule has 0 heterocycles. The molecule has 0 spiro atoms. The number of carboxylic acid groups (broad SMARTS) is 1. The third-order valence-electron chi connectivity index (χ3n) is 5.86. The van der Waals surface area contributed by atoms with E-state index >= 15 is 0 Å². The quantitative estimate of drug-likeness (QED) is 0.758. The summed E-state index contributed by atoms with van der Waals surface area (Å²) in [5, 5.41) is 12.8. The molecule has 2 fully saturated rings. The van der Waals surface area contributed by atoms with E-state index in [1.54, 1.807) is 12.1 Å². The number of aryl methyl sites for hydroxylation is 1. The highest BCUT2D eigenvalue weighted by molar-refractivity contribution is 5.87. The minimum Gasteiger partial charge on any atom is -0.478 e. The van der Waals surface area contributed by atoms with Crippen LogP contribution in [-0.4, -0.2) is 23.7 Å². The molecule has 1 unspecified atom stereocenters. The van der Waals surface area contributed by atoms with Crippen molar-refractivity contribution >= 4 is 5.97 Å². The van der Waals surface area contributed by atoms with Gasteiger partial charge in [0.2, 0.25) is 0 Å². The van der Waals surface area contributed by atoms with E-state index in [4.69, 9.17) is 5.11 Å².